The van der Waals surface area contributed by atoms with E-state index in [0.717, 1.165) is 23.2 Å². The molecular formula is C25H30ClN9O2. The van der Waals surface area contributed by atoms with Crippen molar-refractivity contribution in [3.05, 3.63) is 49.1 Å². The van der Waals surface area contributed by atoms with E-state index in [0.29, 0.717) is 43.6 Å². The van der Waals surface area contributed by atoms with Crippen LogP contribution in [-0.2, 0) is 4.74 Å². The predicted molar refractivity (Wildman–Crippen MR) is 142 cm³/mol. The summed E-state index contributed by atoms with van der Waals surface area (Å²) in [5.41, 5.74) is 3.53. The molecule has 0 aliphatic carbocycles. The van der Waals surface area contributed by atoms with Gasteiger partial charge in [-0.15, -0.1) is 12.4 Å². The monoisotopic (exact) mass is 523 g/mol. The molecule has 6 rings (SSSR count). The third-order valence-electron chi connectivity index (χ3n) is 6.91. The maximum Gasteiger partial charge on any atom is 0.326 e. The van der Waals surface area contributed by atoms with E-state index in [-0.39, 0.29) is 36.4 Å². The zero-order valence-corrected chi connectivity index (χ0v) is 21.6. The van der Waals surface area contributed by atoms with Gasteiger partial charge in [-0.3, -0.25) is 10.00 Å². The molecule has 0 unspecified atom stereocenters. The van der Waals surface area contributed by atoms with Crippen molar-refractivity contribution in [1.82, 2.24) is 40.0 Å². The number of hydrogen-bond acceptors (Lipinski definition) is 7. The Balaban J connectivity index is 0.00000280. The molecule has 2 aliphatic heterocycles. The van der Waals surface area contributed by atoms with Gasteiger partial charge >= 0.3 is 6.03 Å². The van der Waals surface area contributed by atoms with Crippen molar-refractivity contribution in [2.24, 2.45) is 5.92 Å². The normalized spacial score (nSPS) is 20.1. The Morgan fingerprint density at radius 3 is 2.68 bits per heavy atom. The summed E-state index contributed by atoms with van der Waals surface area (Å²) in [6, 6.07) is 10.0. The highest BCUT2D eigenvalue weighted by Crippen LogP contribution is 2.31. The number of rotatable bonds is 6. The van der Waals surface area contributed by atoms with E-state index in [9.17, 15) is 4.79 Å². The number of carbonyl (C=O) groups excluding carboxylic acids is 1. The van der Waals surface area contributed by atoms with Gasteiger partial charge in [0.15, 0.2) is 11.5 Å². The summed E-state index contributed by atoms with van der Waals surface area (Å²) in [6.45, 7) is 7.73. The Bertz CT molecular complexity index is 1350. The number of fused-ring (bicyclic) bond motifs is 1. The number of benzene rings is 1. The maximum absolute atomic E-state index is 13.6. The highest BCUT2D eigenvalue weighted by atomic mass is 35.5. The fraction of sp³-hybridized carbons (Fsp3) is 0.400. The molecule has 2 fully saturated rings. The van der Waals surface area contributed by atoms with Gasteiger partial charge in [-0.1, -0.05) is 38.1 Å². The topological polar surface area (TPSA) is 117 Å². The molecule has 2 saturated heterocycles. The SMILES string of the molecule is CC(C)[C@H]1CN(C[C@@H]2COCCN2)C(=O)N1c1ccn2ncc(-c3ccc(-c4ncn[nH]4)cc3)c2n1.Cl. The number of nitrogens with one attached hydrogen (secondary N) is 2. The summed E-state index contributed by atoms with van der Waals surface area (Å²) in [5, 5.41) is 14.7. The molecule has 2 atom stereocenters. The number of aromatic amines is 1. The summed E-state index contributed by atoms with van der Waals surface area (Å²) >= 11 is 0. The number of halogens is 1. The van der Waals surface area contributed by atoms with Crippen LogP contribution in [-0.4, -0.2) is 85.6 Å². The molecule has 0 saturated carbocycles. The van der Waals surface area contributed by atoms with E-state index in [1.165, 1.54) is 6.33 Å². The van der Waals surface area contributed by atoms with Crippen LogP contribution in [0.4, 0.5) is 10.6 Å². The second kappa shape index (κ2) is 10.4. The maximum atomic E-state index is 13.6. The number of aromatic nitrogens is 6. The lowest BCUT2D eigenvalue weighted by molar-refractivity contribution is 0.0678. The average molecular weight is 524 g/mol. The number of nitrogens with zero attached hydrogens (tertiary/aromatic N) is 7. The van der Waals surface area contributed by atoms with Crippen LogP contribution < -0.4 is 10.2 Å². The zero-order chi connectivity index (χ0) is 24.6. The molecule has 12 heteroatoms. The predicted octanol–water partition coefficient (Wildman–Crippen LogP) is 2.86. The average Bonchev–Trinajstić information content (AvgIpc) is 3.64. The lowest BCUT2D eigenvalue weighted by Crippen LogP contribution is -2.49. The minimum atomic E-state index is -0.0181. The lowest BCUT2D eigenvalue weighted by atomic mass is 10.0. The molecule has 2 amide bonds. The Hall–Kier alpha value is -3.54. The molecule has 0 radical (unpaired) electrons. The van der Waals surface area contributed by atoms with Gasteiger partial charge in [0.05, 0.1) is 25.5 Å². The largest absolute Gasteiger partial charge is 0.378 e. The van der Waals surface area contributed by atoms with Crippen molar-refractivity contribution >= 4 is 29.9 Å². The fourth-order valence-electron chi connectivity index (χ4n) is 4.96. The first-order valence-corrected chi connectivity index (χ1v) is 12.3. The Morgan fingerprint density at radius 1 is 1.16 bits per heavy atom. The van der Waals surface area contributed by atoms with Gasteiger partial charge in [-0.2, -0.15) is 10.2 Å². The third kappa shape index (κ3) is 4.77. The Labute approximate surface area is 220 Å². The second-order valence-corrected chi connectivity index (χ2v) is 9.62. The molecule has 5 heterocycles. The van der Waals surface area contributed by atoms with E-state index >= 15 is 0 Å². The first-order chi connectivity index (χ1) is 17.6. The minimum Gasteiger partial charge on any atom is -0.378 e. The van der Waals surface area contributed by atoms with Crippen LogP contribution in [0.3, 0.4) is 0 Å². The number of ether oxygens (including phenoxy) is 1. The highest BCUT2D eigenvalue weighted by Gasteiger charge is 2.41. The molecule has 0 bridgehead atoms. The van der Waals surface area contributed by atoms with Crippen LogP contribution in [0.1, 0.15) is 13.8 Å². The molecule has 37 heavy (non-hydrogen) atoms. The number of H-pyrrole nitrogens is 1. The van der Waals surface area contributed by atoms with Crippen molar-refractivity contribution in [2.45, 2.75) is 25.9 Å². The number of carbonyl (C=O) groups is 1. The zero-order valence-electron chi connectivity index (χ0n) is 20.7. The molecule has 194 valence electrons. The first-order valence-electron chi connectivity index (χ1n) is 12.3. The van der Waals surface area contributed by atoms with Crippen molar-refractivity contribution in [3.8, 4) is 22.5 Å². The molecule has 2 N–H and O–H groups in total. The first kappa shape index (κ1) is 25.1. The number of hydrogen-bond donors (Lipinski definition) is 2. The Kier molecular flexibility index (Phi) is 7.09. The van der Waals surface area contributed by atoms with Gasteiger partial charge in [0, 0.05) is 43.0 Å². The molecule has 1 aromatic carbocycles. The lowest BCUT2D eigenvalue weighted by Gasteiger charge is -2.28. The summed E-state index contributed by atoms with van der Waals surface area (Å²) in [4.78, 5) is 26.5. The van der Waals surface area contributed by atoms with Crippen LogP contribution in [0, 0.1) is 5.92 Å². The van der Waals surface area contributed by atoms with E-state index < -0.39 is 0 Å². The summed E-state index contributed by atoms with van der Waals surface area (Å²) in [7, 11) is 0. The van der Waals surface area contributed by atoms with Crippen molar-refractivity contribution < 1.29 is 9.53 Å². The quantitative estimate of drug-likeness (QED) is 0.399. The van der Waals surface area contributed by atoms with Crippen LogP contribution >= 0.6 is 12.4 Å². The molecular weight excluding hydrogens is 494 g/mol. The van der Waals surface area contributed by atoms with Crippen molar-refractivity contribution in [3.63, 3.8) is 0 Å². The summed E-state index contributed by atoms with van der Waals surface area (Å²) < 4.78 is 7.34. The summed E-state index contributed by atoms with van der Waals surface area (Å²) in [6.07, 6.45) is 5.17. The van der Waals surface area contributed by atoms with Crippen LogP contribution in [0.5, 0.6) is 0 Å². The smallest absolute Gasteiger partial charge is 0.326 e. The highest BCUT2D eigenvalue weighted by molar-refractivity contribution is 5.94. The van der Waals surface area contributed by atoms with Crippen molar-refractivity contribution in [1.29, 1.82) is 0 Å². The molecule has 0 spiro atoms. The van der Waals surface area contributed by atoms with Crippen LogP contribution in [0.25, 0.3) is 28.2 Å². The van der Waals surface area contributed by atoms with E-state index in [2.05, 4.69) is 39.4 Å². The number of morpholine rings is 1. The van der Waals surface area contributed by atoms with Gasteiger partial charge in [-0.05, 0) is 17.5 Å². The molecule has 4 aromatic rings. The van der Waals surface area contributed by atoms with E-state index in [1.54, 1.807) is 4.52 Å². The molecule has 11 nitrogen and oxygen atoms in total. The van der Waals surface area contributed by atoms with Gasteiger partial charge in [-0.25, -0.2) is 19.3 Å². The minimum absolute atomic E-state index is 0. The van der Waals surface area contributed by atoms with Crippen LogP contribution in [0.15, 0.2) is 49.1 Å². The van der Waals surface area contributed by atoms with Crippen molar-refractivity contribution in [2.75, 3.05) is 37.7 Å². The van der Waals surface area contributed by atoms with E-state index in [4.69, 9.17) is 9.72 Å². The van der Waals surface area contributed by atoms with Gasteiger partial charge in [0.2, 0.25) is 0 Å². The molecule has 3 aromatic heterocycles. The fourth-order valence-corrected chi connectivity index (χ4v) is 4.96. The number of anilines is 1. The van der Waals surface area contributed by atoms with Gasteiger partial charge < -0.3 is 15.0 Å². The summed E-state index contributed by atoms with van der Waals surface area (Å²) in [5.74, 6) is 1.63. The van der Waals surface area contributed by atoms with Gasteiger partial charge in [0.1, 0.15) is 12.1 Å². The second-order valence-electron chi connectivity index (χ2n) is 9.62. The third-order valence-corrected chi connectivity index (χ3v) is 6.91. The van der Waals surface area contributed by atoms with Gasteiger partial charge in [0.25, 0.3) is 0 Å². The molecule has 2 aliphatic rings. The number of urea groups is 1. The van der Waals surface area contributed by atoms with E-state index in [1.807, 2.05) is 52.5 Å². The standard InChI is InChI=1S/C25H29N9O2.ClH/c1-16(2)21-13-32(12-19-14-36-10-8-26-19)25(35)34(21)22-7-9-33-24(30-22)20(11-29-33)17-3-5-18(6-4-17)23-27-15-28-31-23;/h3-7,9,11,15-16,19,21,26H,8,10,12-14H2,1-2H3,(H,27,28,31);1H/t19-,21-;/m1./s1. The van der Waals surface area contributed by atoms with Crippen LogP contribution in [0.2, 0.25) is 0 Å². The number of amides is 2. The Morgan fingerprint density at radius 2 is 1.97 bits per heavy atom.